The summed E-state index contributed by atoms with van der Waals surface area (Å²) in [6, 6.07) is 8.71. The number of carbonyl (C=O) groups is 1. The zero-order chi connectivity index (χ0) is 13.9. The van der Waals surface area contributed by atoms with Crippen LogP contribution in [0.5, 0.6) is 0 Å². The van der Waals surface area contributed by atoms with Gasteiger partial charge in [-0.15, -0.1) is 0 Å². The first kappa shape index (κ1) is 13.1. The first-order valence-corrected chi connectivity index (χ1v) is 6.77. The second-order valence-electron chi connectivity index (χ2n) is 4.61. The van der Waals surface area contributed by atoms with Gasteiger partial charge in [-0.3, -0.25) is 9.89 Å². The Balaban J connectivity index is 1.88. The van der Waals surface area contributed by atoms with Crippen LogP contribution in [-0.4, -0.2) is 40.8 Å². The van der Waals surface area contributed by atoms with E-state index in [1.165, 1.54) is 0 Å². The molecule has 1 saturated heterocycles. The van der Waals surface area contributed by atoms with Crippen molar-refractivity contribution in [1.82, 2.24) is 15.1 Å². The van der Waals surface area contributed by atoms with Crippen molar-refractivity contribution in [3.05, 3.63) is 52.8 Å². The number of ether oxygens (including phenoxy) is 1. The molecule has 0 spiro atoms. The maximum Gasteiger partial charge on any atom is 0.254 e. The van der Waals surface area contributed by atoms with E-state index in [9.17, 15) is 4.79 Å². The average molecular weight is 292 g/mol. The second kappa shape index (κ2) is 5.64. The summed E-state index contributed by atoms with van der Waals surface area (Å²) in [5.74, 6) is -0.0459. The first-order chi connectivity index (χ1) is 9.75. The van der Waals surface area contributed by atoms with Crippen LogP contribution >= 0.6 is 11.6 Å². The molecule has 2 heterocycles. The minimum Gasteiger partial charge on any atom is -0.377 e. The molecule has 1 N–H and O–H groups in total. The third-order valence-electron chi connectivity index (χ3n) is 3.34. The highest BCUT2D eigenvalue weighted by atomic mass is 35.5. The average Bonchev–Trinajstić information content (AvgIpc) is 3.00. The molecule has 5 nitrogen and oxygen atoms in total. The number of morpholine rings is 1. The Bertz CT molecular complexity index is 600. The Kier molecular flexibility index (Phi) is 3.71. The fourth-order valence-electron chi connectivity index (χ4n) is 2.34. The molecule has 0 radical (unpaired) electrons. The van der Waals surface area contributed by atoms with Crippen LogP contribution in [0, 0.1) is 0 Å². The van der Waals surface area contributed by atoms with Crippen molar-refractivity contribution >= 4 is 17.5 Å². The number of aromatic amines is 1. The van der Waals surface area contributed by atoms with Crippen LogP contribution in [0.2, 0.25) is 5.02 Å². The van der Waals surface area contributed by atoms with E-state index in [1.807, 2.05) is 6.07 Å². The van der Waals surface area contributed by atoms with E-state index in [4.69, 9.17) is 16.3 Å². The Morgan fingerprint density at radius 2 is 2.35 bits per heavy atom. The number of hydrogen-bond acceptors (Lipinski definition) is 3. The predicted octanol–water partition coefficient (Wildman–Crippen LogP) is 2.28. The standard InChI is InChI=1S/C14H14ClN3O2/c15-11-3-1-2-10(8-11)14(19)18-6-7-20-9-13(18)12-4-5-16-17-12/h1-5,8,13H,6-7,9H2,(H,16,17)/t13-/m1/s1. The number of hydrogen-bond donors (Lipinski definition) is 1. The Morgan fingerprint density at radius 3 is 3.10 bits per heavy atom. The molecule has 0 saturated carbocycles. The van der Waals surface area contributed by atoms with Crippen molar-refractivity contribution in [2.24, 2.45) is 0 Å². The van der Waals surface area contributed by atoms with Gasteiger partial charge >= 0.3 is 0 Å². The van der Waals surface area contributed by atoms with Gasteiger partial charge < -0.3 is 9.64 Å². The fourth-order valence-corrected chi connectivity index (χ4v) is 2.53. The molecule has 1 aromatic heterocycles. The van der Waals surface area contributed by atoms with Gasteiger partial charge in [0, 0.05) is 23.3 Å². The Hall–Kier alpha value is -1.85. The molecule has 0 bridgehead atoms. The summed E-state index contributed by atoms with van der Waals surface area (Å²) >= 11 is 5.95. The zero-order valence-corrected chi connectivity index (χ0v) is 11.5. The van der Waals surface area contributed by atoms with Crippen LogP contribution in [0.4, 0.5) is 0 Å². The summed E-state index contributed by atoms with van der Waals surface area (Å²) in [4.78, 5) is 14.4. The molecule has 104 valence electrons. The molecule has 1 atom stereocenters. The van der Waals surface area contributed by atoms with Crippen molar-refractivity contribution in [3.8, 4) is 0 Å². The molecule has 1 aliphatic rings. The molecule has 1 aliphatic heterocycles. The number of aromatic nitrogens is 2. The molecule has 20 heavy (non-hydrogen) atoms. The van der Waals surface area contributed by atoms with Gasteiger partial charge in [0.15, 0.2) is 0 Å². The highest BCUT2D eigenvalue weighted by molar-refractivity contribution is 6.30. The van der Waals surface area contributed by atoms with E-state index in [0.717, 1.165) is 5.69 Å². The summed E-state index contributed by atoms with van der Waals surface area (Å²) < 4.78 is 5.48. The van der Waals surface area contributed by atoms with Gasteiger partial charge in [0.05, 0.1) is 24.9 Å². The number of H-pyrrole nitrogens is 1. The Morgan fingerprint density at radius 1 is 1.45 bits per heavy atom. The predicted molar refractivity (Wildman–Crippen MR) is 74.6 cm³/mol. The molecule has 3 rings (SSSR count). The molecule has 0 aliphatic carbocycles. The van der Waals surface area contributed by atoms with Crippen molar-refractivity contribution in [3.63, 3.8) is 0 Å². The number of benzene rings is 1. The quantitative estimate of drug-likeness (QED) is 0.923. The molecule has 6 heteroatoms. The Labute approximate surface area is 121 Å². The minimum absolute atomic E-state index is 0.0459. The van der Waals surface area contributed by atoms with Gasteiger partial charge in [-0.05, 0) is 24.3 Å². The topological polar surface area (TPSA) is 58.2 Å². The number of nitrogens with one attached hydrogen (secondary N) is 1. The summed E-state index contributed by atoms with van der Waals surface area (Å²) in [7, 11) is 0. The summed E-state index contributed by atoms with van der Waals surface area (Å²) in [5, 5.41) is 7.40. The largest absolute Gasteiger partial charge is 0.377 e. The fraction of sp³-hybridized carbons (Fsp3) is 0.286. The molecule has 0 unspecified atom stereocenters. The van der Waals surface area contributed by atoms with E-state index >= 15 is 0 Å². The van der Waals surface area contributed by atoms with Crippen molar-refractivity contribution in [2.45, 2.75) is 6.04 Å². The SMILES string of the molecule is O=C(c1cccc(Cl)c1)N1CCOC[C@@H]1c1ccn[nH]1. The van der Waals surface area contributed by atoms with Gasteiger partial charge in [-0.25, -0.2) is 0 Å². The maximum absolute atomic E-state index is 12.6. The van der Waals surface area contributed by atoms with Gasteiger partial charge in [0.1, 0.15) is 0 Å². The molecular formula is C14H14ClN3O2. The number of halogens is 1. The minimum atomic E-state index is -0.141. The van der Waals surface area contributed by atoms with Crippen molar-refractivity contribution in [1.29, 1.82) is 0 Å². The number of amides is 1. The van der Waals surface area contributed by atoms with E-state index < -0.39 is 0 Å². The lowest BCUT2D eigenvalue weighted by Crippen LogP contribution is -2.43. The van der Waals surface area contributed by atoms with Gasteiger partial charge in [0.25, 0.3) is 5.91 Å². The lowest BCUT2D eigenvalue weighted by molar-refractivity contribution is -0.00391. The van der Waals surface area contributed by atoms with E-state index in [-0.39, 0.29) is 11.9 Å². The van der Waals surface area contributed by atoms with E-state index in [0.29, 0.717) is 30.3 Å². The van der Waals surface area contributed by atoms with E-state index in [1.54, 1.807) is 35.4 Å². The first-order valence-electron chi connectivity index (χ1n) is 6.39. The van der Waals surface area contributed by atoms with Crippen molar-refractivity contribution < 1.29 is 9.53 Å². The summed E-state index contributed by atoms with van der Waals surface area (Å²) in [5.41, 5.74) is 1.46. The molecule has 1 aromatic carbocycles. The third-order valence-corrected chi connectivity index (χ3v) is 3.58. The van der Waals surface area contributed by atoms with Crippen LogP contribution in [0.3, 0.4) is 0 Å². The molecular weight excluding hydrogens is 278 g/mol. The van der Waals surface area contributed by atoms with Gasteiger partial charge in [0.2, 0.25) is 0 Å². The molecule has 2 aromatic rings. The smallest absolute Gasteiger partial charge is 0.254 e. The maximum atomic E-state index is 12.6. The number of nitrogens with zero attached hydrogens (tertiary/aromatic N) is 2. The van der Waals surface area contributed by atoms with Crippen LogP contribution in [0.25, 0.3) is 0 Å². The lowest BCUT2D eigenvalue weighted by Gasteiger charge is -2.35. The monoisotopic (exact) mass is 291 g/mol. The number of rotatable bonds is 2. The van der Waals surface area contributed by atoms with Crippen molar-refractivity contribution in [2.75, 3.05) is 19.8 Å². The highest BCUT2D eigenvalue weighted by Crippen LogP contribution is 2.25. The van der Waals surface area contributed by atoms with Gasteiger partial charge in [-0.1, -0.05) is 17.7 Å². The summed E-state index contributed by atoms with van der Waals surface area (Å²) in [6.07, 6.45) is 1.67. The molecule has 1 fully saturated rings. The molecule has 1 amide bonds. The zero-order valence-electron chi connectivity index (χ0n) is 10.8. The van der Waals surface area contributed by atoms with E-state index in [2.05, 4.69) is 10.2 Å². The van der Waals surface area contributed by atoms with Crippen LogP contribution in [0.1, 0.15) is 22.1 Å². The lowest BCUT2D eigenvalue weighted by atomic mass is 10.1. The van der Waals surface area contributed by atoms with Crippen LogP contribution in [0.15, 0.2) is 36.5 Å². The number of carbonyl (C=O) groups excluding carboxylic acids is 1. The third kappa shape index (κ3) is 2.55. The van der Waals surface area contributed by atoms with Gasteiger partial charge in [-0.2, -0.15) is 5.10 Å². The van der Waals surface area contributed by atoms with Crippen LogP contribution < -0.4 is 0 Å². The highest BCUT2D eigenvalue weighted by Gasteiger charge is 2.30. The summed E-state index contributed by atoms with van der Waals surface area (Å²) in [6.45, 7) is 1.56. The second-order valence-corrected chi connectivity index (χ2v) is 5.05. The van der Waals surface area contributed by atoms with Crippen LogP contribution in [-0.2, 0) is 4.74 Å². The normalized spacial score (nSPS) is 19.1.